The molecule has 0 spiro atoms. The van der Waals surface area contributed by atoms with Crippen molar-refractivity contribution in [1.82, 2.24) is 0 Å². The predicted octanol–water partition coefficient (Wildman–Crippen LogP) is 4.83. The van der Waals surface area contributed by atoms with Crippen LogP contribution in [0.3, 0.4) is 0 Å². The van der Waals surface area contributed by atoms with Crippen molar-refractivity contribution in [2.45, 2.75) is 46.5 Å². The van der Waals surface area contributed by atoms with Crippen LogP contribution in [-0.4, -0.2) is 0 Å². The normalized spacial score (nSPS) is 47.4. The van der Waals surface area contributed by atoms with Crippen LogP contribution in [0.5, 0.6) is 0 Å². The van der Waals surface area contributed by atoms with Crippen LogP contribution in [0.2, 0.25) is 0 Å². The molecule has 0 radical (unpaired) electrons. The Kier molecular flexibility index (Phi) is 2.72. The van der Waals surface area contributed by atoms with E-state index in [1.165, 1.54) is 25.7 Å². The summed E-state index contributed by atoms with van der Waals surface area (Å²) in [5, 5.41) is 0. The fraction of sp³-hybridized carbons (Fsp3) is 0.765. The van der Waals surface area contributed by atoms with Crippen LogP contribution < -0.4 is 0 Å². The standard InChI is InChI=1S/C9H14.C8H12/c1-9(2)6-7-3-4-8(9)5-7;1-6-4-7-2-3-8(6)5-7/h3-4,7-8H,5-6H2,1-2H3;2-3,6-8H,4-5H2,1H3. The molecule has 0 N–H and O–H groups in total. The predicted molar refractivity (Wildman–Crippen MR) is 73.7 cm³/mol. The Morgan fingerprint density at radius 1 is 0.882 bits per heavy atom. The Labute approximate surface area is 106 Å². The Balaban J connectivity index is 0.000000107. The monoisotopic (exact) mass is 230 g/mol. The molecule has 4 bridgehead atoms. The molecule has 0 aliphatic heterocycles. The average Bonchev–Trinajstić information content (AvgIpc) is 2.94. The Bertz CT molecular complexity index is 347. The van der Waals surface area contributed by atoms with Crippen molar-refractivity contribution in [1.29, 1.82) is 0 Å². The minimum atomic E-state index is 0.624. The van der Waals surface area contributed by atoms with Crippen molar-refractivity contribution in [2.24, 2.45) is 35.0 Å². The van der Waals surface area contributed by atoms with Gasteiger partial charge < -0.3 is 0 Å². The summed E-state index contributed by atoms with van der Waals surface area (Å²) in [5.41, 5.74) is 0.624. The van der Waals surface area contributed by atoms with E-state index in [0.29, 0.717) is 5.41 Å². The van der Waals surface area contributed by atoms with Gasteiger partial charge in [-0.1, -0.05) is 45.1 Å². The topological polar surface area (TPSA) is 0 Å². The third-order valence-corrected chi connectivity index (χ3v) is 5.58. The molecular formula is C17H26. The number of allylic oxidation sites excluding steroid dienone is 4. The largest absolute Gasteiger partial charge is 0.0851 e. The van der Waals surface area contributed by atoms with Crippen LogP contribution >= 0.6 is 0 Å². The molecule has 5 unspecified atom stereocenters. The lowest BCUT2D eigenvalue weighted by molar-refractivity contribution is 0.299. The minimum Gasteiger partial charge on any atom is -0.0851 e. The number of rotatable bonds is 0. The molecule has 17 heavy (non-hydrogen) atoms. The maximum absolute atomic E-state index is 2.41. The lowest BCUT2D eigenvalue weighted by atomic mass is 9.80. The van der Waals surface area contributed by atoms with Crippen molar-refractivity contribution >= 4 is 0 Å². The zero-order valence-electron chi connectivity index (χ0n) is 11.5. The second-order valence-electron chi connectivity index (χ2n) is 7.44. The van der Waals surface area contributed by atoms with E-state index in [1.54, 1.807) is 0 Å². The fourth-order valence-corrected chi connectivity index (χ4v) is 4.39. The second-order valence-corrected chi connectivity index (χ2v) is 7.44. The van der Waals surface area contributed by atoms with Gasteiger partial charge in [0, 0.05) is 0 Å². The van der Waals surface area contributed by atoms with Gasteiger partial charge in [0.1, 0.15) is 0 Å². The highest BCUT2D eigenvalue weighted by atomic mass is 14.5. The van der Waals surface area contributed by atoms with Crippen LogP contribution in [0.15, 0.2) is 24.3 Å². The van der Waals surface area contributed by atoms with Gasteiger partial charge in [0.05, 0.1) is 0 Å². The molecule has 0 heterocycles. The van der Waals surface area contributed by atoms with Gasteiger partial charge in [0.15, 0.2) is 0 Å². The maximum atomic E-state index is 2.41. The van der Waals surface area contributed by atoms with Crippen LogP contribution in [-0.2, 0) is 0 Å². The second kappa shape index (κ2) is 4.00. The van der Waals surface area contributed by atoms with Gasteiger partial charge in [-0.2, -0.15) is 0 Å². The van der Waals surface area contributed by atoms with Crippen molar-refractivity contribution in [3.63, 3.8) is 0 Å². The van der Waals surface area contributed by atoms with Gasteiger partial charge in [-0.3, -0.25) is 0 Å². The quantitative estimate of drug-likeness (QED) is 0.523. The zero-order chi connectivity index (χ0) is 12.0. The first-order valence-corrected chi connectivity index (χ1v) is 7.41. The van der Waals surface area contributed by atoms with E-state index >= 15 is 0 Å². The molecule has 0 saturated heterocycles. The lowest BCUT2D eigenvalue weighted by Gasteiger charge is -2.25. The molecule has 0 nitrogen and oxygen atoms in total. The number of hydrogen-bond acceptors (Lipinski definition) is 0. The molecule has 0 heteroatoms. The highest BCUT2D eigenvalue weighted by Gasteiger charge is 2.41. The summed E-state index contributed by atoms with van der Waals surface area (Å²) in [4.78, 5) is 0. The van der Waals surface area contributed by atoms with E-state index in [4.69, 9.17) is 0 Å². The number of hydrogen-bond donors (Lipinski definition) is 0. The van der Waals surface area contributed by atoms with E-state index in [1.807, 2.05) is 0 Å². The maximum Gasteiger partial charge on any atom is -0.0176 e. The first kappa shape index (κ1) is 11.6. The number of fused-ring (bicyclic) bond motifs is 4. The van der Waals surface area contributed by atoms with Crippen molar-refractivity contribution in [3.05, 3.63) is 24.3 Å². The highest BCUT2D eigenvalue weighted by Crippen LogP contribution is 2.51. The first-order chi connectivity index (χ1) is 8.04. The minimum absolute atomic E-state index is 0.624. The summed E-state index contributed by atoms with van der Waals surface area (Å²) < 4.78 is 0. The van der Waals surface area contributed by atoms with Crippen molar-refractivity contribution in [2.75, 3.05) is 0 Å². The Morgan fingerprint density at radius 3 is 1.88 bits per heavy atom. The summed E-state index contributed by atoms with van der Waals surface area (Å²) in [6, 6.07) is 0. The first-order valence-electron chi connectivity index (χ1n) is 7.41. The Morgan fingerprint density at radius 2 is 1.65 bits per heavy atom. The summed E-state index contributed by atoms with van der Waals surface area (Å²) in [7, 11) is 0. The van der Waals surface area contributed by atoms with E-state index in [2.05, 4.69) is 45.1 Å². The van der Waals surface area contributed by atoms with Gasteiger partial charge in [-0.15, -0.1) is 0 Å². The van der Waals surface area contributed by atoms with Crippen LogP contribution in [0, 0.1) is 35.0 Å². The van der Waals surface area contributed by atoms with E-state index < -0.39 is 0 Å². The van der Waals surface area contributed by atoms with E-state index in [9.17, 15) is 0 Å². The Hall–Kier alpha value is -0.520. The van der Waals surface area contributed by atoms with Crippen molar-refractivity contribution < 1.29 is 0 Å². The smallest absolute Gasteiger partial charge is 0.0176 e. The van der Waals surface area contributed by atoms with Gasteiger partial charge in [-0.05, 0) is 60.7 Å². The molecule has 4 rings (SSSR count). The van der Waals surface area contributed by atoms with Gasteiger partial charge in [0.25, 0.3) is 0 Å². The van der Waals surface area contributed by atoms with Gasteiger partial charge >= 0.3 is 0 Å². The van der Waals surface area contributed by atoms with Crippen LogP contribution in [0.25, 0.3) is 0 Å². The highest BCUT2D eigenvalue weighted by molar-refractivity contribution is 5.13. The van der Waals surface area contributed by atoms with Crippen molar-refractivity contribution in [3.8, 4) is 0 Å². The van der Waals surface area contributed by atoms with E-state index in [0.717, 1.165) is 29.6 Å². The third-order valence-electron chi connectivity index (χ3n) is 5.58. The van der Waals surface area contributed by atoms with Crippen LogP contribution in [0.4, 0.5) is 0 Å². The van der Waals surface area contributed by atoms with Gasteiger partial charge in [0.2, 0.25) is 0 Å². The molecule has 4 aliphatic rings. The molecule has 2 saturated carbocycles. The van der Waals surface area contributed by atoms with Gasteiger partial charge in [-0.25, -0.2) is 0 Å². The zero-order valence-corrected chi connectivity index (χ0v) is 11.5. The molecule has 0 aromatic rings. The molecule has 2 fully saturated rings. The molecule has 94 valence electrons. The van der Waals surface area contributed by atoms with E-state index in [-0.39, 0.29) is 0 Å². The SMILES string of the molecule is CC1(C)CC2C=CC1C2.CC1CC2C=CC1C2. The lowest BCUT2D eigenvalue weighted by Crippen LogP contribution is -2.16. The molecule has 0 aromatic carbocycles. The third kappa shape index (κ3) is 2.11. The summed E-state index contributed by atoms with van der Waals surface area (Å²) in [5.74, 6) is 4.76. The average molecular weight is 230 g/mol. The summed E-state index contributed by atoms with van der Waals surface area (Å²) in [6.45, 7) is 7.15. The molecule has 4 aliphatic carbocycles. The van der Waals surface area contributed by atoms with Crippen LogP contribution in [0.1, 0.15) is 46.5 Å². The summed E-state index contributed by atoms with van der Waals surface area (Å²) in [6.07, 6.45) is 15.4. The molecule has 5 atom stereocenters. The molecule has 0 aromatic heterocycles. The molecular weight excluding hydrogens is 204 g/mol. The molecule has 0 amide bonds. The summed E-state index contributed by atoms with van der Waals surface area (Å²) >= 11 is 0. The fourth-order valence-electron chi connectivity index (χ4n) is 4.39.